The van der Waals surface area contributed by atoms with Crippen LogP contribution in [0, 0.1) is 6.92 Å². The summed E-state index contributed by atoms with van der Waals surface area (Å²) < 4.78 is 3.21. The molecule has 4 rings (SSSR count). The van der Waals surface area contributed by atoms with Crippen LogP contribution in [0.4, 0.5) is 11.4 Å². The van der Waals surface area contributed by atoms with E-state index < -0.39 is 5.91 Å². The number of rotatable bonds is 7. The molecule has 0 unspecified atom stereocenters. The summed E-state index contributed by atoms with van der Waals surface area (Å²) in [5.74, 6) is -0.335. The van der Waals surface area contributed by atoms with Gasteiger partial charge in [0.15, 0.2) is 0 Å². The molecule has 0 spiro atoms. The van der Waals surface area contributed by atoms with E-state index in [0.29, 0.717) is 28.6 Å². The maximum absolute atomic E-state index is 13.1. The summed E-state index contributed by atoms with van der Waals surface area (Å²) in [6.45, 7) is 5.90. The Labute approximate surface area is 207 Å². The molecule has 0 radical (unpaired) electrons. The fourth-order valence-corrected chi connectivity index (χ4v) is 4.51. The zero-order valence-electron chi connectivity index (χ0n) is 20.0. The molecule has 9 heteroatoms. The molecule has 0 aliphatic rings. The number of para-hydroxylation sites is 1. The lowest BCUT2D eigenvalue weighted by molar-refractivity contribution is -0.115. The van der Waals surface area contributed by atoms with Crippen LogP contribution in [-0.4, -0.2) is 26.2 Å². The molecule has 2 aromatic carbocycles. The summed E-state index contributed by atoms with van der Waals surface area (Å²) in [5, 5.41) is 8.45. The number of anilines is 2. The minimum atomic E-state index is -0.437. The predicted octanol–water partition coefficient (Wildman–Crippen LogP) is 4.50. The first-order chi connectivity index (χ1) is 16.7. The maximum atomic E-state index is 13.1. The van der Waals surface area contributed by atoms with Gasteiger partial charge in [-0.15, -0.1) is 11.3 Å². The Morgan fingerprint density at radius 2 is 1.80 bits per heavy atom. The van der Waals surface area contributed by atoms with Crippen LogP contribution >= 0.6 is 11.3 Å². The highest BCUT2D eigenvalue weighted by Crippen LogP contribution is 2.20. The Kier molecular flexibility index (Phi) is 6.97. The number of aromatic nitrogens is 3. The number of amides is 2. The highest BCUT2D eigenvalue weighted by atomic mass is 32.1. The van der Waals surface area contributed by atoms with Gasteiger partial charge in [0.1, 0.15) is 5.69 Å². The van der Waals surface area contributed by atoms with Crippen molar-refractivity contribution in [1.29, 1.82) is 0 Å². The molecule has 0 bridgehead atoms. The number of nitrogens with zero attached hydrogens (tertiary/aromatic N) is 3. The zero-order chi connectivity index (χ0) is 25.1. The number of nitrogens with one attached hydrogen (secondary N) is 2. The van der Waals surface area contributed by atoms with E-state index in [1.807, 2.05) is 35.7 Å². The molecule has 35 heavy (non-hydrogen) atoms. The molecule has 0 saturated heterocycles. The topological polar surface area (TPSA) is 98.0 Å². The number of hydrogen-bond donors (Lipinski definition) is 2. The van der Waals surface area contributed by atoms with Crippen LogP contribution in [0.3, 0.4) is 0 Å². The zero-order valence-corrected chi connectivity index (χ0v) is 20.8. The molecule has 180 valence electrons. The monoisotopic (exact) mass is 489 g/mol. The quantitative estimate of drug-likeness (QED) is 0.399. The standard InChI is InChI=1S/C26H27N5O3S/c1-16(2)25-28-20(15-35-25)14-22(32)27-19-10-8-9-18(13-19)24(33)29-23-17(3)30(4)31(26(23)34)21-11-6-5-7-12-21/h5-13,15-16H,14H2,1-4H3,(H,27,32)(H,29,33). The largest absolute Gasteiger partial charge is 0.326 e. The SMILES string of the molecule is Cc1c(NC(=O)c2cccc(NC(=O)Cc3csc(C(C)C)n3)c2)c(=O)n(-c2ccccc2)n1C. The van der Waals surface area contributed by atoms with Crippen molar-refractivity contribution >= 4 is 34.5 Å². The molecule has 2 heterocycles. The van der Waals surface area contributed by atoms with Crippen LogP contribution in [0.2, 0.25) is 0 Å². The molecule has 8 nitrogen and oxygen atoms in total. The van der Waals surface area contributed by atoms with E-state index in [9.17, 15) is 14.4 Å². The molecule has 0 saturated carbocycles. The van der Waals surface area contributed by atoms with Crippen molar-refractivity contribution in [3.05, 3.63) is 92.3 Å². The van der Waals surface area contributed by atoms with Gasteiger partial charge < -0.3 is 10.6 Å². The first-order valence-electron chi connectivity index (χ1n) is 11.2. The molecule has 2 aromatic heterocycles. The van der Waals surface area contributed by atoms with Gasteiger partial charge in [-0.2, -0.15) is 0 Å². The normalized spacial score (nSPS) is 11.0. The van der Waals surface area contributed by atoms with Crippen LogP contribution in [-0.2, 0) is 18.3 Å². The molecule has 0 aliphatic carbocycles. The lowest BCUT2D eigenvalue weighted by Gasteiger charge is -2.08. The second kappa shape index (κ2) is 10.1. The van der Waals surface area contributed by atoms with Crippen molar-refractivity contribution in [3.63, 3.8) is 0 Å². The van der Waals surface area contributed by atoms with Gasteiger partial charge in [0.05, 0.1) is 28.5 Å². The van der Waals surface area contributed by atoms with Crippen LogP contribution in [0.1, 0.15) is 46.5 Å². The molecule has 0 aliphatic heterocycles. The molecule has 0 fully saturated rings. The van der Waals surface area contributed by atoms with Crippen LogP contribution in [0.5, 0.6) is 0 Å². The van der Waals surface area contributed by atoms with E-state index >= 15 is 0 Å². The smallest absolute Gasteiger partial charge is 0.295 e. The van der Waals surface area contributed by atoms with Gasteiger partial charge >= 0.3 is 0 Å². The van der Waals surface area contributed by atoms with Gasteiger partial charge in [0, 0.05) is 29.6 Å². The number of hydrogen-bond acceptors (Lipinski definition) is 5. The average molecular weight is 490 g/mol. The highest BCUT2D eigenvalue weighted by molar-refractivity contribution is 7.09. The van der Waals surface area contributed by atoms with Crippen LogP contribution in [0.25, 0.3) is 5.69 Å². The third-order valence-corrected chi connectivity index (χ3v) is 6.80. The van der Waals surface area contributed by atoms with Gasteiger partial charge in [-0.25, -0.2) is 9.67 Å². The van der Waals surface area contributed by atoms with Crippen molar-refractivity contribution < 1.29 is 9.59 Å². The molecular weight excluding hydrogens is 462 g/mol. The Balaban J connectivity index is 1.49. The average Bonchev–Trinajstić information content (AvgIpc) is 3.38. The molecule has 2 N–H and O–H groups in total. The first kappa shape index (κ1) is 24.2. The highest BCUT2D eigenvalue weighted by Gasteiger charge is 2.19. The second-order valence-corrected chi connectivity index (χ2v) is 9.42. The van der Waals surface area contributed by atoms with Crippen molar-refractivity contribution in [2.75, 3.05) is 10.6 Å². The van der Waals surface area contributed by atoms with Crippen LogP contribution in [0.15, 0.2) is 64.8 Å². The molecular formula is C26H27N5O3S. The van der Waals surface area contributed by atoms with Crippen LogP contribution < -0.4 is 16.2 Å². The van der Waals surface area contributed by atoms with E-state index in [4.69, 9.17) is 0 Å². The lowest BCUT2D eigenvalue weighted by Crippen LogP contribution is -2.23. The number of carbonyl (C=O) groups excluding carboxylic acids is 2. The number of thiazole rings is 1. The van der Waals surface area contributed by atoms with E-state index in [0.717, 1.165) is 10.7 Å². The first-order valence-corrected chi connectivity index (χ1v) is 12.1. The minimum absolute atomic E-state index is 0.155. The van der Waals surface area contributed by atoms with Crippen molar-refractivity contribution in [1.82, 2.24) is 14.3 Å². The molecule has 4 aromatic rings. The summed E-state index contributed by atoms with van der Waals surface area (Å²) >= 11 is 1.54. The third-order valence-electron chi connectivity index (χ3n) is 5.61. The predicted molar refractivity (Wildman–Crippen MR) is 139 cm³/mol. The van der Waals surface area contributed by atoms with E-state index in [2.05, 4.69) is 29.5 Å². The maximum Gasteiger partial charge on any atom is 0.295 e. The summed E-state index contributed by atoms with van der Waals surface area (Å²) in [5.41, 5.74) is 2.76. The van der Waals surface area contributed by atoms with Gasteiger partial charge in [-0.05, 0) is 37.3 Å². The summed E-state index contributed by atoms with van der Waals surface area (Å²) in [6.07, 6.45) is 0.155. The van der Waals surface area contributed by atoms with Crippen molar-refractivity contribution in [2.24, 2.45) is 7.05 Å². The number of carbonyl (C=O) groups is 2. The van der Waals surface area contributed by atoms with E-state index in [1.54, 1.807) is 54.3 Å². The Morgan fingerprint density at radius 3 is 2.49 bits per heavy atom. The summed E-state index contributed by atoms with van der Waals surface area (Å²) in [7, 11) is 1.77. The van der Waals surface area contributed by atoms with Crippen molar-refractivity contribution in [3.8, 4) is 5.69 Å². The lowest BCUT2D eigenvalue weighted by atomic mass is 10.1. The Morgan fingerprint density at radius 1 is 1.06 bits per heavy atom. The number of benzene rings is 2. The van der Waals surface area contributed by atoms with Gasteiger partial charge in [0.2, 0.25) is 5.91 Å². The van der Waals surface area contributed by atoms with E-state index in [-0.39, 0.29) is 23.6 Å². The fourth-order valence-electron chi connectivity index (χ4n) is 3.67. The summed E-state index contributed by atoms with van der Waals surface area (Å²) in [4.78, 5) is 43.0. The molecule has 0 atom stereocenters. The van der Waals surface area contributed by atoms with Gasteiger partial charge in [-0.3, -0.25) is 19.1 Å². The Bertz CT molecular complexity index is 1430. The summed E-state index contributed by atoms with van der Waals surface area (Å²) in [6, 6.07) is 15.8. The minimum Gasteiger partial charge on any atom is -0.326 e. The van der Waals surface area contributed by atoms with Gasteiger partial charge in [0.25, 0.3) is 11.5 Å². The second-order valence-electron chi connectivity index (χ2n) is 8.53. The third kappa shape index (κ3) is 5.25. The fraction of sp³-hybridized carbons (Fsp3) is 0.231. The molecule has 2 amide bonds. The van der Waals surface area contributed by atoms with Crippen molar-refractivity contribution in [2.45, 2.75) is 33.1 Å². The Hall–Kier alpha value is -3.98. The van der Waals surface area contributed by atoms with Gasteiger partial charge in [-0.1, -0.05) is 38.1 Å². The van der Waals surface area contributed by atoms with E-state index in [1.165, 1.54) is 4.68 Å².